The first kappa shape index (κ1) is 19.6. The molecule has 0 radical (unpaired) electrons. The Kier molecular flexibility index (Phi) is 6.39. The van der Waals surface area contributed by atoms with Gasteiger partial charge in [-0.3, -0.25) is 0 Å². The fourth-order valence-corrected chi connectivity index (χ4v) is 2.76. The molecule has 146 valence electrons. The summed E-state index contributed by atoms with van der Waals surface area (Å²) >= 11 is 0. The molecule has 2 aromatic heterocycles. The first-order chi connectivity index (χ1) is 13.6. The molecule has 0 fully saturated rings. The molecule has 0 aliphatic carbocycles. The number of guanidine groups is 1. The molecule has 0 spiro atoms. The number of hydrogen-bond donors (Lipinski definition) is 3. The Labute approximate surface area is 165 Å². The molecule has 0 aliphatic heterocycles. The van der Waals surface area contributed by atoms with Gasteiger partial charge in [0.05, 0.1) is 13.1 Å². The maximum Gasteiger partial charge on any atom is 0.191 e. The molecule has 28 heavy (non-hydrogen) atoms. The smallest absolute Gasteiger partial charge is 0.191 e. The summed E-state index contributed by atoms with van der Waals surface area (Å²) in [7, 11) is 0. The van der Waals surface area contributed by atoms with Crippen LogP contribution in [-0.2, 0) is 12.1 Å². The second-order valence-electron chi connectivity index (χ2n) is 6.66. The third-order valence-electron chi connectivity index (χ3n) is 4.31. The number of aliphatic hydroxyl groups is 1. The lowest BCUT2D eigenvalue weighted by molar-refractivity contribution is 0.0617. The summed E-state index contributed by atoms with van der Waals surface area (Å²) in [5.41, 5.74) is 0.880. The zero-order valence-electron chi connectivity index (χ0n) is 16.2. The van der Waals surface area contributed by atoms with Gasteiger partial charge < -0.3 is 15.7 Å². The predicted molar refractivity (Wildman–Crippen MR) is 110 cm³/mol. The summed E-state index contributed by atoms with van der Waals surface area (Å²) < 4.78 is 1.72. The van der Waals surface area contributed by atoms with Crippen molar-refractivity contribution < 1.29 is 5.11 Å². The highest BCUT2D eigenvalue weighted by atomic mass is 16.3. The van der Waals surface area contributed by atoms with Crippen LogP contribution in [0.1, 0.15) is 25.0 Å². The molecule has 3 aromatic rings. The maximum absolute atomic E-state index is 10.8. The number of benzene rings is 1. The Balaban J connectivity index is 1.67. The van der Waals surface area contributed by atoms with E-state index in [9.17, 15) is 5.11 Å². The Morgan fingerprint density at radius 1 is 1.14 bits per heavy atom. The van der Waals surface area contributed by atoms with Crippen molar-refractivity contribution in [3.8, 4) is 5.82 Å². The second-order valence-corrected chi connectivity index (χ2v) is 6.66. The van der Waals surface area contributed by atoms with Gasteiger partial charge in [-0.25, -0.2) is 14.7 Å². The molecular formula is C21H26N6O. The van der Waals surface area contributed by atoms with Gasteiger partial charge in [0.1, 0.15) is 5.60 Å². The van der Waals surface area contributed by atoms with E-state index in [1.807, 2.05) is 61.7 Å². The number of rotatable bonds is 7. The van der Waals surface area contributed by atoms with Crippen LogP contribution in [0, 0.1) is 0 Å². The van der Waals surface area contributed by atoms with E-state index in [4.69, 9.17) is 0 Å². The van der Waals surface area contributed by atoms with Gasteiger partial charge >= 0.3 is 0 Å². The summed E-state index contributed by atoms with van der Waals surface area (Å²) in [4.78, 5) is 8.96. The first-order valence-corrected chi connectivity index (χ1v) is 9.33. The van der Waals surface area contributed by atoms with Gasteiger partial charge in [0.2, 0.25) is 0 Å². The monoisotopic (exact) mass is 378 g/mol. The molecule has 0 aliphatic rings. The van der Waals surface area contributed by atoms with Crippen LogP contribution in [0.2, 0.25) is 0 Å². The lowest BCUT2D eigenvalue weighted by Crippen LogP contribution is -2.44. The minimum absolute atomic E-state index is 0.345. The highest BCUT2D eigenvalue weighted by molar-refractivity contribution is 5.79. The quantitative estimate of drug-likeness (QED) is 0.433. The lowest BCUT2D eigenvalue weighted by Gasteiger charge is -2.25. The van der Waals surface area contributed by atoms with Crippen LogP contribution < -0.4 is 10.6 Å². The highest BCUT2D eigenvalue weighted by Gasteiger charge is 2.22. The largest absolute Gasteiger partial charge is 0.384 e. The van der Waals surface area contributed by atoms with Gasteiger partial charge in [0.25, 0.3) is 0 Å². The number of pyridine rings is 1. The van der Waals surface area contributed by atoms with Crippen molar-refractivity contribution in [3.05, 3.63) is 78.2 Å². The molecule has 7 heteroatoms. The molecule has 0 saturated heterocycles. The average Bonchev–Trinajstić information content (AvgIpc) is 3.26. The van der Waals surface area contributed by atoms with Gasteiger partial charge in [-0.05, 0) is 43.2 Å². The van der Waals surface area contributed by atoms with Gasteiger partial charge in [0.15, 0.2) is 11.8 Å². The molecule has 1 unspecified atom stereocenters. The van der Waals surface area contributed by atoms with E-state index in [2.05, 4.69) is 25.7 Å². The third kappa shape index (κ3) is 5.17. The van der Waals surface area contributed by atoms with Crippen molar-refractivity contribution in [1.29, 1.82) is 0 Å². The number of hydrogen-bond acceptors (Lipinski definition) is 4. The van der Waals surface area contributed by atoms with Crippen molar-refractivity contribution in [2.24, 2.45) is 4.99 Å². The Bertz CT molecular complexity index is 890. The molecule has 7 nitrogen and oxygen atoms in total. The minimum atomic E-state index is -0.999. The van der Waals surface area contributed by atoms with Crippen LogP contribution >= 0.6 is 0 Å². The van der Waals surface area contributed by atoms with Crippen molar-refractivity contribution in [2.45, 2.75) is 26.0 Å². The number of aromatic nitrogens is 3. The molecule has 3 rings (SSSR count). The van der Waals surface area contributed by atoms with Crippen LogP contribution in [-0.4, -0.2) is 38.9 Å². The maximum atomic E-state index is 10.8. The summed E-state index contributed by atoms with van der Waals surface area (Å²) in [6.45, 7) is 5.36. The van der Waals surface area contributed by atoms with E-state index in [1.165, 1.54) is 0 Å². The summed E-state index contributed by atoms with van der Waals surface area (Å²) in [6, 6.07) is 15.4. The fraction of sp³-hybridized carbons (Fsp3) is 0.286. The van der Waals surface area contributed by atoms with Gasteiger partial charge in [-0.15, -0.1) is 0 Å². The summed E-state index contributed by atoms with van der Waals surface area (Å²) in [5.74, 6) is 1.40. The molecule has 0 saturated carbocycles. The lowest BCUT2D eigenvalue weighted by atomic mass is 9.96. The van der Waals surface area contributed by atoms with Crippen LogP contribution in [0.4, 0.5) is 0 Å². The van der Waals surface area contributed by atoms with Crippen LogP contribution in [0.3, 0.4) is 0 Å². The SMILES string of the molecule is CCNC(=NCc1ccnc(-n2cccn2)c1)NCC(C)(O)c1ccccc1. The normalized spacial score (nSPS) is 13.8. The molecule has 2 heterocycles. The van der Waals surface area contributed by atoms with Gasteiger partial charge in [0, 0.05) is 25.1 Å². The fourth-order valence-electron chi connectivity index (χ4n) is 2.76. The zero-order chi connectivity index (χ0) is 19.8. The standard InChI is InChI=1S/C21H26N6O/c1-3-22-20(25-16-21(2,28)18-8-5-4-6-9-18)24-15-17-10-12-23-19(14-17)27-13-7-11-26-27/h4-14,28H,3,15-16H2,1-2H3,(H2,22,24,25). The van der Waals surface area contributed by atoms with E-state index in [0.717, 1.165) is 23.5 Å². The van der Waals surface area contributed by atoms with Crippen LogP contribution in [0.15, 0.2) is 72.1 Å². The number of nitrogens with one attached hydrogen (secondary N) is 2. The van der Waals surface area contributed by atoms with Crippen molar-refractivity contribution in [1.82, 2.24) is 25.4 Å². The van der Waals surface area contributed by atoms with Crippen molar-refractivity contribution in [3.63, 3.8) is 0 Å². The molecule has 1 aromatic carbocycles. The third-order valence-corrected chi connectivity index (χ3v) is 4.31. The van der Waals surface area contributed by atoms with Crippen molar-refractivity contribution in [2.75, 3.05) is 13.1 Å². The van der Waals surface area contributed by atoms with Crippen LogP contribution in [0.25, 0.3) is 5.82 Å². The Morgan fingerprint density at radius 3 is 2.68 bits per heavy atom. The molecule has 1 atom stereocenters. The van der Waals surface area contributed by atoms with E-state index in [-0.39, 0.29) is 0 Å². The first-order valence-electron chi connectivity index (χ1n) is 9.33. The van der Waals surface area contributed by atoms with Crippen molar-refractivity contribution >= 4 is 5.96 Å². The zero-order valence-corrected chi connectivity index (χ0v) is 16.2. The molecular weight excluding hydrogens is 352 g/mol. The Morgan fingerprint density at radius 2 is 1.96 bits per heavy atom. The summed E-state index contributed by atoms with van der Waals surface area (Å²) in [5, 5.41) is 21.4. The Hall–Kier alpha value is -3.19. The molecule has 0 bridgehead atoms. The second kappa shape index (κ2) is 9.14. The van der Waals surface area contributed by atoms with Crippen LogP contribution in [0.5, 0.6) is 0 Å². The average molecular weight is 378 g/mol. The highest BCUT2D eigenvalue weighted by Crippen LogP contribution is 2.18. The van der Waals surface area contributed by atoms with E-state index >= 15 is 0 Å². The van der Waals surface area contributed by atoms with Gasteiger partial charge in [-0.2, -0.15) is 5.10 Å². The van der Waals surface area contributed by atoms with E-state index in [0.29, 0.717) is 19.0 Å². The molecule has 3 N–H and O–H groups in total. The number of nitrogens with zero attached hydrogens (tertiary/aromatic N) is 4. The minimum Gasteiger partial charge on any atom is -0.384 e. The predicted octanol–water partition coefficient (Wildman–Crippen LogP) is 2.23. The number of aliphatic imine (C=N–C) groups is 1. The van der Waals surface area contributed by atoms with Gasteiger partial charge in [-0.1, -0.05) is 30.3 Å². The summed E-state index contributed by atoms with van der Waals surface area (Å²) in [6.07, 6.45) is 5.33. The van der Waals surface area contributed by atoms with E-state index < -0.39 is 5.60 Å². The van der Waals surface area contributed by atoms with E-state index in [1.54, 1.807) is 24.0 Å². The molecule has 0 amide bonds. The topological polar surface area (TPSA) is 87.4 Å².